The molecule has 0 spiro atoms. The number of carbonyl (C=O) groups is 1. The van der Waals surface area contributed by atoms with E-state index >= 15 is 0 Å². The first kappa shape index (κ1) is 12.0. The van der Waals surface area contributed by atoms with Gasteiger partial charge >= 0.3 is 0 Å². The van der Waals surface area contributed by atoms with Gasteiger partial charge < -0.3 is 10.1 Å². The molecule has 1 aromatic carbocycles. The predicted octanol–water partition coefficient (Wildman–Crippen LogP) is 2.16. The standard InChI is InChI=1S/C13H14FNO2S/c14-9-3-1-7(5-12(9)18)13(16)15-10-6-8-2-4-11(10)17-8/h1,3,5,8,10-11,18H,2,4,6H2,(H,15,16). The summed E-state index contributed by atoms with van der Waals surface area (Å²) < 4.78 is 18.7. The fourth-order valence-electron chi connectivity index (χ4n) is 2.70. The van der Waals surface area contributed by atoms with E-state index in [4.69, 9.17) is 4.74 Å². The molecule has 3 nitrogen and oxygen atoms in total. The van der Waals surface area contributed by atoms with Gasteiger partial charge in [-0.05, 0) is 37.5 Å². The van der Waals surface area contributed by atoms with E-state index in [9.17, 15) is 9.18 Å². The van der Waals surface area contributed by atoms with Crippen LogP contribution in [-0.2, 0) is 4.74 Å². The second kappa shape index (κ2) is 4.55. The van der Waals surface area contributed by atoms with Crippen molar-refractivity contribution in [2.75, 3.05) is 0 Å². The minimum absolute atomic E-state index is 0.0877. The largest absolute Gasteiger partial charge is 0.373 e. The van der Waals surface area contributed by atoms with Crippen molar-refractivity contribution in [1.29, 1.82) is 0 Å². The van der Waals surface area contributed by atoms with Crippen molar-refractivity contribution in [3.63, 3.8) is 0 Å². The van der Waals surface area contributed by atoms with Crippen LogP contribution >= 0.6 is 12.6 Å². The first-order valence-corrected chi connectivity index (χ1v) is 6.53. The molecule has 1 aromatic rings. The van der Waals surface area contributed by atoms with Crippen molar-refractivity contribution < 1.29 is 13.9 Å². The van der Waals surface area contributed by atoms with Crippen LogP contribution in [0, 0.1) is 5.82 Å². The first-order chi connectivity index (χ1) is 8.63. The Kier molecular flexibility index (Phi) is 3.03. The maximum Gasteiger partial charge on any atom is 0.251 e. The average Bonchev–Trinajstić information content (AvgIpc) is 2.94. The molecule has 2 saturated heterocycles. The molecule has 2 heterocycles. The van der Waals surface area contributed by atoms with Gasteiger partial charge in [0.2, 0.25) is 0 Å². The SMILES string of the molecule is O=C(NC1CC2CCC1O2)c1ccc(F)c(S)c1. The highest BCUT2D eigenvalue weighted by molar-refractivity contribution is 7.80. The molecule has 5 heteroatoms. The summed E-state index contributed by atoms with van der Waals surface area (Å²) in [6, 6.07) is 4.26. The molecular weight excluding hydrogens is 253 g/mol. The number of halogens is 1. The van der Waals surface area contributed by atoms with Gasteiger partial charge in [0.25, 0.3) is 5.91 Å². The van der Waals surface area contributed by atoms with Crippen LogP contribution in [0.2, 0.25) is 0 Å². The van der Waals surface area contributed by atoms with Gasteiger partial charge in [-0.3, -0.25) is 4.79 Å². The molecule has 3 rings (SSSR count). The Bertz CT molecular complexity index is 494. The van der Waals surface area contributed by atoms with Gasteiger partial charge in [0.15, 0.2) is 0 Å². The van der Waals surface area contributed by atoms with Crippen LogP contribution in [0.4, 0.5) is 4.39 Å². The van der Waals surface area contributed by atoms with E-state index in [1.165, 1.54) is 18.2 Å². The number of ether oxygens (including phenoxy) is 1. The van der Waals surface area contributed by atoms with Gasteiger partial charge in [-0.25, -0.2) is 4.39 Å². The third kappa shape index (κ3) is 2.12. The maximum absolute atomic E-state index is 13.1. The quantitative estimate of drug-likeness (QED) is 0.806. The molecule has 2 aliphatic rings. The predicted molar refractivity (Wildman–Crippen MR) is 67.4 cm³/mol. The van der Waals surface area contributed by atoms with Gasteiger partial charge in [0, 0.05) is 10.5 Å². The highest BCUT2D eigenvalue weighted by Crippen LogP contribution is 2.34. The van der Waals surface area contributed by atoms with Crippen LogP contribution in [0.15, 0.2) is 23.1 Å². The van der Waals surface area contributed by atoms with Crippen LogP contribution in [0.3, 0.4) is 0 Å². The van der Waals surface area contributed by atoms with E-state index in [0.29, 0.717) is 11.7 Å². The summed E-state index contributed by atoms with van der Waals surface area (Å²) in [5.74, 6) is -0.607. The molecule has 2 aliphatic heterocycles. The number of hydrogen-bond donors (Lipinski definition) is 2. The van der Waals surface area contributed by atoms with Crippen LogP contribution in [0.25, 0.3) is 0 Å². The normalized spacial score (nSPS) is 29.6. The Hall–Kier alpha value is -1.07. The average molecular weight is 267 g/mol. The van der Waals surface area contributed by atoms with E-state index in [-0.39, 0.29) is 22.9 Å². The van der Waals surface area contributed by atoms with E-state index in [0.717, 1.165) is 19.3 Å². The van der Waals surface area contributed by atoms with Crippen LogP contribution < -0.4 is 5.32 Å². The number of thiol groups is 1. The summed E-state index contributed by atoms with van der Waals surface area (Å²) >= 11 is 3.97. The van der Waals surface area contributed by atoms with Crippen molar-refractivity contribution in [3.05, 3.63) is 29.6 Å². The van der Waals surface area contributed by atoms with Crippen LogP contribution in [0.1, 0.15) is 29.6 Å². The highest BCUT2D eigenvalue weighted by Gasteiger charge is 2.41. The molecule has 0 aromatic heterocycles. The molecule has 96 valence electrons. The van der Waals surface area contributed by atoms with Gasteiger partial charge in [0.1, 0.15) is 5.82 Å². The Morgan fingerprint density at radius 1 is 1.44 bits per heavy atom. The molecule has 2 bridgehead atoms. The molecule has 18 heavy (non-hydrogen) atoms. The number of carbonyl (C=O) groups excluding carboxylic acids is 1. The molecule has 0 saturated carbocycles. The number of amides is 1. The lowest BCUT2D eigenvalue weighted by molar-refractivity contribution is 0.0840. The van der Waals surface area contributed by atoms with Gasteiger partial charge in [-0.2, -0.15) is 0 Å². The fraction of sp³-hybridized carbons (Fsp3) is 0.462. The highest BCUT2D eigenvalue weighted by atomic mass is 32.1. The zero-order chi connectivity index (χ0) is 12.7. The zero-order valence-electron chi connectivity index (χ0n) is 9.73. The topological polar surface area (TPSA) is 38.3 Å². The molecule has 3 atom stereocenters. The number of benzene rings is 1. The second-order valence-electron chi connectivity index (χ2n) is 4.86. The molecule has 2 fully saturated rings. The van der Waals surface area contributed by atoms with Crippen molar-refractivity contribution in [1.82, 2.24) is 5.32 Å². The Morgan fingerprint density at radius 2 is 2.28 bits per heavy atom. The molecule has 1 amide bonds. The summed E-state index contributed by atoms with van der Waals surface area (Å²) in [6.07, 6.45) is 3.43. The number of fused-ring (bicyclic) bond motifs is 2. The maximum atomic E-state index is 13.1. The molecule has 0 aliphatic carbocycles. The summed E-state index contributed by atoms with van der Waals surface area (Å²) in [5.41, 5.74) is 0.434. The van der Waals surface area contributed by atoms with Crippen LogP contribution in [0.5, 0.6) is 0 Å². The van der Waals surface area contributed by atoms with Crippen molar-refractivity contribution in [2.24, 2.45) is 0 Å². The van der Waals surface area contributed by atoms with Gasteiger partial charge in [0.05, 0.1) is 18.2 Å². The molecule has 3 unspecified atom stereocenters. The van der Waals surface area contributed by atoms with E-state index < -0.39 is 5.82 Å². The fourth-order valence-corrected chi connectivity index (χ4v) is 2.91. The molecular formula is C13H14FNO2S. The molecule has 0 radical (unpaired) electrons. The lowest BCUT2D eigenvalue weighted by Gasteiger charge is -2.20. The van der Waals surface area contributed by atoms with E-state index in [2.05, 4.69) is 17.9 Å². The minimum Gasteiger partial charge on any atom is -0.373 e. The minimum atomic E-state index is -0.418. The summed E-state index contributed by atoms with van der Waals surface area (Å²) in [6.45, 7) is 0. The monoisotopic (exact) mass is 267 g/mol. The third-order valence-electron chi connectivity index (χ3n) is 3.63. The Labute approximate surface area is 110 Å². The Morgan fingerprint density at radius 3 is 2.89 bits per heavy atom. The lowest BCUT2D eigenvalue weighted by Crippen LogP contribution is -2.41. The molecule has 1 N–H and O–H groups in total. The van der Waals surface area contributed by atoms with Crippen LogP contribution in [-0.4, -0.2) is 24.2 Å². The Balaban J connectivity index is 1.69. The van der Waals surface area contributed by atoms with Crippen molar-refractivity contribution >= 4 is 18.5 Å². The smallest absolute Gasteiger partial charge is 0.251 e. The number of hydrogen-bond acceptors (Lipinski definition) is 3. The van der Waals surface area contributed by atoms with Gasteiger partial charge in [-0.15, -0.1) is 12.6 Å². The summed E-state index contributed by atoms with van der Waals surface area (Å²) in [5, 5.41) is 2.95. The van der Waals surface area contributed by atoms with E-state index in [1.807, 2.05) is 0 Å². The number of rotatable bonds is 2. The second-order valence-corrected chi connectivity index (χ2v) is 5.34. The van der Waals surface area contributed by atoms with Crippen molar-refractivity contribution in [3.8, 4) is 0 Å². The lowest BCUT2D eigenvalue weighted by atomic mass is 9.95. The van der Waals surface area contributed by atoms with Crippen molar-refractivity contribution in [2.45, 2.75) is 42.4 Å². The zero-order valence-corrected chi connectivity index (χ0v) is 10.6. The van der Waals surface area contributed by atoms with E-state index in [1.54, 1.807) is 0 Å². The third-order valence-corrected chi connectivity index (χ3v) is 3.97. The number of nitrogens with one attached hydrogen (secondary N) is 1. The van der Waals surface area contributed by atoms with Gasteiger partial charge in [-0.1, -0.05) is 0 Å². The summed E-state index contributed by atoms with van der Waals surface area (Å²) in [7, 11) is 0. The first-order valence-electron chi connectivity index (χ1n) is 6.08. The summed E-state index contributed by atoms with van der Waals surface area (Å²) in [4.78, 5) is 12.2.